The van der Waals surface area contributed by atoms with Crippen LogP contribution in [0.3, 0.4) is 0 Å². The van der Waals surface area contributed by atoms with Crippen molar-refractivity contribution in [2.45, 2.75) is 83.3 Å². The van der Waals surface area contributed by atoms with Crippen LogP contribution in [-0.2, 0) is 19.0 Å². The number of fused-ring (bicyclic) bond motifs is 5. The molecule has 0 N–H and O–H groups in total. The van der Waals surface area contributed by atoms with Crippen LogP contribution in [0.1, 0.15) is 72.1 Å². The Bertz CT molecular complexity index is 724. The Labute approximate surface area is 162 Å². The fourth-order valence-electron chi connectivity index (χ4n) is 9.84. The molecule has 3 spiro atoms. The fourth-order valence-corrected chi connectivity index (χ4v) is 9.84. The average Bonchev–Trinajstić information content (AvgIpc) is 3.52. The molecule has 4 nitrogen and oxygen atoms in total. The number of ether oxygens (including phenoxy) is 3. The van der Waals surface area contributed by atoms with E-state index < -0.39 is 0 Å². The second-order valence-electron chi connectivity index (χ2n) is 11.6. The number of carbonyl (C=O) groups excluding carboxylic acids is 1. The minimum Gasteiger partial charge on any atom is -0.469 e. The van der Waals surface area contributed by atoms with Crippen LogP contribution in [0.4, 0.5) is 0 Å². The number of methoxy groups -OCH3 is 1. The lowest BCUT2D eigenvalue weighted by Gasteiger charge is -2.64. The Morgan fingerprint density at radius 2 is 1.59 bits per heavy atom. The third-order valence-electron chi connectivity index (χ3n) is 11.0. The summed E-state index contributed by atoms with van der Waals surface area (Å²) in [5.74, 6) is 1.09. The molecular weight excluding hydrogens is 340 g/mol. The Kier molecular flexibility index (Phi) is 2.93. The summed E-state index contributed by atoms with van der Waals surface area (Å²) >= 11 is 0. The van der Waals surface area contributed by atoms with Crippen molar-refractivity contribution in [3.05, 3.63) is 0 Å². The second-order valence-corrected chi connectivity index (χ2v) is 11.6. The fraction of sp³-hybridized carbons (Fsp3) is 0.957. The van der Waals surface area contributed by atoms with Gasteiger partial charge in [0, 0.05) is 10.8 Å². The highest BCUT2D eigenvalue weighted by molar-refractivity contribution is 5.77. The van der Waals surface area contributed by atoms with Crippen LogP contribution in [0.2, 0.25) is 0 Å². The van der Waals surface area contributed by atoms with Gasteiger partial charge in [-0.3, -0.25) is 4.79 Å². The highest BCUT2D eigenvalue weighted by Gasteiger charge is 2.91. The molecule has 0 amide bonds. The molecule has 2 aliphatic heterocycles. The topological polar surface area (TPSA) is 51.4 Å². The van der Waals surface area contributed by atoms with Crippen LogP contribution < -0.4 is 0 Å². The molecule has 4 aliphatic carbocycles. The van der Waals surface area contributed by atoms with E-state index in [2.05, 4.69) is 20.8 Å². The number of rotatable bonds is 1. The van der Waals surface area contributed by atoms with Gasteiger partial charge in [-0.05, 0) is 69.1 Å². The van der Waals surface area contributed by atoms with E-state index in [0.717, 1.165) is 32.5 Å². The minimum absolute atomic E-state index is 0.00172. The zero-order valence-corrected chi connectivity index (χ0v) is 17.4. The molecule has 150 valence electrons. The molecular formula is C23H34O4. The summed E-state index contributed by atoms with van der Waals surface area (Å²) in [6, 6.07) is 0. The molecule has 6 aliphatic rings. The van der Waals surface area contributed by atoms with Gasteiger partial charge >= 0.3 is 5.97 Å². The predicted molar refractivity (Wildman–Crippen MR) is 100 cm³/mol. The van der Waals surface area contributed by atoms with Gasteiger partial charge in [0.25, 0.3) is 0 Å². The molecule has 6 rings (SSSR count). The molecule has 0 aromatic heterocycles. The quantitative estimate of drug-likeness (QED) is 0.512. The molecule has 4 saturated carbocycles. The molecule has 0 radical (unpaired) electrons. The lowest BCUT2D eigenvalue weighted by atomic mass is 9.39. The molecule has 2 saturated heterocycles. The molecule has 4 heteroatoms. The van der Waals surface area contributed by atoms with Crippen molar-refractivity contribution in [3.63, 3.8) is 0 Å². The van der Waals surface area contributed by atoms with E-state index in [0.29, 0.717) is 11.8 Å². The lowest BCUT2D eigenvalue weighted by molar-refractivity contribution is -0.191. The largest absolute Gasteiger partial charge is 0.469 e. The molecule has 27 heavy (non-hydrogen) atoms. The number of epoxide rings is 2. The van der Waals surface area contributed by atoms with Crippen molar-refractivity contribution in [1.82, 2.24) is 0 Å². The Morgan fingerprint density at radius 1 is 0.926 bits per heavy atom. The van der Waals surface area contributed by atoms with Crippen molar-refractivity contribution in [2.24, 2.45) is 33.5 Å². The molecule has 2 heterocycles. The summed E-state index contributed by atoms with van der Waals surface area (Å²) in [6.07, 6.45) is 9.49. The maximum absolute atomic E-state index is 12.8. The first-order chi connectivity index (χ1) is 12.7. The highest BCUT2D eigenvalue weighted by Crippen LogP contribution is 2.84. The highest BCUT2D eigenvalue weighted by atomic mass is 16.7. The number of hydrogen-bond acceptors (Lipinski definition) is 4. The lowest BCUT2D eigenvalue weighted by Crippen LogP contribution is -2.61. The molecule has 0 aromatic rings. The van der Waals surface area contributed by atoms with Gasteiger partial charge in [0.05, 0.1) is 25.7 Å². The van der Waals surface area contributed by atoms with Gasteiger partial charge in [-0.1, -0.05) is 20.3 Å². The first-order valence-corrected chi connectivity index (χ1v) is 11.1. The van der Waals surface area contributed by atoms with E-state index in [9.17, 15) is 4.79 Å². The van der Waals surface area contributed by atoms with E-state index in [1.54, 1.807) is 7.11 Å². The van der Waals surface area contributed by atoms with Crippen molar-refractivity contribution in [3.8, 4) is 0 Å². The van der Waals surface area contributed by atoms with Crippen molar-refractivity contribution < 1.29 is 19.0 Å². The van der Waals surface area contributed by atoms with Crippen LogP contribution in [0.15, 0.2) is 0 Å². The van der Waals surface area contributed by atoms with Gasteiger partial charge < -0.3 is 14.2 Å². The van der Waals surface area contributed by atoms with Crippen LogP contribution in [0, 0.1) is 33.5 Å². The maximum Gasteiger partial charge on any atom is 0.311 e. The summed E-state index contributed by atoms with van der Waals surface area (Å²) in [7, 11) is 1.56. The van der Waals surface area contributed by atoms with Gasteiger partial charge in [-0.25, -0.2) is 0 Å². The summed E-state index contributed by atoms with van der Waals surface area (Å²) in [5, 5.41) is 0. The second kappa shape index (κ2) is 4.59. The molecule has 8 atom stereocenters. The number of hydrogen-bond donors (Lipinski definition) is 0. The van der Waals surface area contributed by atoms with Gasteiger partial charge in [0.2, 0.25) is 0 Å². The monoisotopic (exact) mass is 374 g/mol. The maximum atomic E-state index is 12.8. The smallest absolute Gasteiger partial charge is 0.311 e. The van der Waals surface area contributed by atoms with Gasteiger partial charge in [-0.2, -0.15) is 0 Å². The van der Waals surface area contributed by atoms with Crippen LogP contribution in [0.5, 0.6) is 0 Å². The number of carbonyl (C=O) groups is 1. The van der Waals surface area contributed by atoms with Crippen molar-refractivity contribution in [2.75, 3.05) is 20.3 Å². The van der Waals surface area contributed by atoms with Crippen molar-refractivity contribution >= 4 is 5.97 Å². The Balaban J connectivity index is 1.46. The summed E-state index contributed by atoms with van der Waals surface area (Å²) < 4.78 is 18.0. The van der Waals surface area contributed by atoms with Crippen LogP contribution in [-0.4, -0.2) is 37.5 Å². The molecule has 0 aromatic carbocycles. The molecule has 2 bridgehead atoms. The third-order valence-corrected chi connectivity index (χ3v) is 11.0. The summed E-state index contributed by atoms with van der Waals surface area (Å²) in [4.78, 5) is 12.8. The summed E-state index contributed by atoms with van der Waals surface area (Å²) in [5.41, 5.74) is 0.398. The van der Waals surface area contributed by atoms with E-state index >= 15 is 0 Å². The van der Waals surface area contributed by atoms with Crippen molar-refractivity contribution in [1.29, 1.82) is 0 Å². The van der Waals surface area contributed by atoms with E-state index in [-0.39, 0.29) is 38.8 Å². The number of esters is 1. The van der Waals surface area contributed by atoms with Crippen LogP contribution >= 0.6 is 0 Å². The van der Waals surface area contributed by atoms with E-state index in [4.69, 9.17) is 14.2 Å². The standard InChI is InChI=1S/C23H34O4/c1-18-10-6-16-19(2)8-5-9-20(3,17(24)25-4)15(19)7-11-21(16,12-18)23(14-27-23)22(18)13-26-22/h15-16H,5-14H2,1-4H3/t15-,16-,18-,19+,20+,21-,22-,23+/m0/s1. The van der Waals surface area contributed by atoms with Gasteiger partial charge in [0.15, 0.2) is 0 Å². The van der Waals surface area contributed by atoms with E-state index in [1.807, 2.05) is 0 Å². The zero-order valence-electron chi connectivity index (χ0n) is 17.4. The molecule has 6 fully saturated rings. The predicted octanol–water partition coefficient (Wildman–Crippen LogP) is 4.11. The Morgan fingerprint density at radius 3 is 2.22 bits per heavy atom. The Hall–Kier alpha value is -0.610. The SMILES string of the molecule is COC(=O)[C@]1(C)CCC[C@@]2(C)[C@@H]3CC[C@@]4(C)C[C@]3(CC[C@@H]21)[C@]1(CO1)[C@]41CO1. The summed E-state index contributed by atoms with van der Waals surface area (Å²) in [6.45, 7) is 8.98. The minimum atomic E-state index is -0.325. The van der Waals surface area contributed by atoms with Gasteiger partial charge in [-0.15, -0.1) is 0 Å². The zero-order chi connectivity index (χ0) is 18.9. The van der Waals surface area contributed by atoms with Crippen LogP contribution in [0.25, 0.3) is 0 Å². The first-order valence-electron chi connectivity index (χ1n) is 11.1. The first kappa shape index (κ1) is 17.3. The normalized spacial score (nSPS) is 62.8. The third kappa shape index (κ3) is 1.56. The van der Waals surface area contributed by atoms with E-state index in [1.165, 1.54) is 32.1 Å². The average molecular weight is 375 g/mol. The molecule has 0 unspecified atom stereocenters. The van der Waals surface area contributed by atoms with Gasteiger partial charge in [0.1, 0.15) is 11.2 Å².